The first kappa shape index (κ1) is 9.44. The molecular formula is C9H13ClN2S. The molecule has 0 spiro atoms. The van der Waals surface area contributed by atoms with Gasteiger partial charge in [-0.2, -0.15) is 0 Å². The van der Waals surface area contributed by atoms with E-state index in [2.05, 4.69) is 16.8 Å². The summed E-state index contributed by atoms with van der Waals surface area (Å²) in [6.45, 7) is 4.44. The normalized spacial score (nSPS) is 23.1. The molecule has 72 valence electrons. The van der Waals surface area contributed by atoms with E-state index in [-0.39, 0.29) is 0 Å². The Labute approximate surface area is 87.5 Å². The Morgan fingerprint density at radius 1 is 1.77 bits per heavy atom. The molecule has 13 heavy (non-hydrogen) atoms. The number of hydrogen-bond donors (Lipinski definition) is 0. The van der Waals surface area contributed by atoms with E-state index >= 15 is 0 Å². The molecule has 1 fully saturated rings. The van der Waals surface area contributed by atoms with Crippen molar-refractivity contribution in [1.82, 2.24) is 9.88 Å². The summed E-state index contributed by atoms with van der Waals surface area (Å²) in [6.07, 6.45) is 4.33. The van der Waals surface area contributed by atoms with Crippen molar-refractivity contribution in [1.29, 1.82) is 0 Å². The summed E-state index contributed by atoms with van der Waals surface area (Å²) in [5.41, 5.74) is 0. The maximum Gasteiger partial charge on any atom is 0.113 e. The molecule has 4 heteroatoms. The second kappa shape index (κ2) is 3.95. The molecule has 0 N–H and O–H groups in total. The van der Waals surface area contributed by atoms with Gasteiger partial charge in [-0.05, 0) is 12.8 Å². The van der Waals surface area contributed by atoms with Crippen molar-refractivity contribution in [2.45, 2.75) is 32.4 Å². The lowest BCUT2D eigenvalue weighted by Crippen LogP contribution is -2.46. The van der Waals surface area contributed by atoms with Gasteiger partial charge in [0, 0.05) is 12.6 Å². The molecular weight excluding hydrogens is 204 g/mol. The molecule has 1 aliphatic heterocycles. The summed E-state index contributed by atoms with van der Waals surface area (Å²) < 4.78 is 0.795. The Bertz CT molecular complexity index is 285. The zero-order chi connectivity index (χ0) is 9.26. The van der Waals surface area contributed by atoms with E-state index in [0.29, 0.717) is 0 Å². The molecule has 1 aromatic rings. The van der Waals surface area contributed by atoms with E-state index in [4.69, 9.17) is 11.6 Å². The van der Waals surface area contributed by atoms with Crippen LogP contribution in [0.4, 0.5) is 0 Å². The summed E-state index contributed by atoms with van der Waals surface area (Å²) in [4.78, 5) is 6.72. The van der Waals surface area contributed by atoms with Gasteiger partial charge in [0.2, 0.25) is 0 Å². The van der Waals surface area contributed by atoms with Crippen LogP contribution >= 0.6 is 22.9 Å². The van der Waals surface area contributed by atoms with Crippen LogP contribution < -0.4 is 0 Å². The van der Waals surface area contributed by atoms with Crippen LogP contribution in [0.1, 0.15) is 24.8 Å². The highest BCUT2D eigenvalue weighted by atomic mass is 35.5. The van der Waals surface area contributed by atoms with Gasteiger partial charge in [0.05, 0.1) is 12.7 Å². The van der Waals surface area contributed by atoms with Crippen molar-refractivity contribution < 1.29 is 0 Å². The predicted molar refractivity (Wildman–Crippen MR) is 56.2 cm³/mol. The van der Waals surface area contributed by atoms with E-state index in [0.717, 1.165) is 21.9 Å². The molecule has 0 saturated carbocycles. The van der Waals surface area contributed by atoms with Crippen LogP contribution in [0.25, 0.3) is 0 Å². The number of halogens is 1. The Kier molecular flexibility index (Phi) is 2.86. The molecule has 1 aliphatic rings. The SMILES string of the molecule is CCC1CCN1Cc1ncc(Cl)s1. The van der Waals surface area contributed by atoms with E-state index in [9.17, 15) is 0 Å². The van der Waals surface area contributed by atoms with E-state index in [1.165, 1.54) is 19.4 Å². The molecule has 1 aromatic heterocycles. The Morgan fingerprint density at radius 3 is 3.08 bits per heavy atom. The topological polar surface area (TPSA) is 16.1 Å². The molecule has 0 amide bonds. The Hall–Kier alpha value is -0.120. The van der Waals surface area contributed by atoms with Crippen LogP contribution in [0.2, 0.25) is 4.34 Å². The van der Waals surface area contributed by atoms with E-state index in [1.807, 2.05) is 0 Å². The van der Waals surface area contributed by atoms with Crippen LogP contribution in [-0.4, -0.2) is 22.5 Å². The average molecular weight is 217 g/mol. The molecule has 0 bridgehead atoms. The minimum absolute atomic E-state index is 0.780. The second-order valence-corrected chi connectivity index (χ2v) is 5.13. The maximum absolute atomic E-state index is 5.81. The Balaban J connectivity index is 1.91. The van der Waals surface area contributed by atoms with Gasteiger partial charge in [0.1, 0.15) is 9.34 Å². The summed E-state index contributed by atoms with van der Waals surface area (Å²) in [5.74, 6) is 0. The van der Waals surface area contributed by atoms with E-state index in [1.54, 1.807) is 17.5 Å². The summed E-state index contributed by atoms with van der Waals surface area (Å²) in [7, 11) is 0. The fourth-order valence-corrected chi connectivity index (χ4v) is 2.68. The first-order chi connectivity index (χ1) is 6.29. The minimum atomic E-state index is 0.780. The van der Waals surface area contributed by atoms with Gasteiger partial charge in [-0.1, -0.05) is 18.5 Å². The van der Waals surface area contributed by atoms with Gasteiger partial charge in [-0.15, -0.1) is 11.3 Å². The first-order valence-corrected chi connectivity index (χ1v) is 5.83. The third kappa shape index (κ3) is 2.03. The maximum atomic E-state index is 5.81. The molecule has 0 aliphatic carbocycles. The van der Waals surface area contributed by atoms with E-state index < -0.39 is 0 Å². The van der Waals surface area contributed by atoms with Crippen LogP contribution in [-0.2, 0) is 6.54 Å². The molecule has 1 unspecified atom stereocenters. The van der Waals surface area contributed by atoms with Crippen molar-refractivity contribution in [2.24, 2.45) is 0 Å². The molecule has 1 saturated heterocycles. The lowest BCUT2D eigenvalue weighted by Gasteiger charge is -2.39. The largest absolute Gasteiger partial charge is 0.294 e. The number of hydrogen-bond acceptors (Lipinski definition) is 3. The lowest BCUT2D eigenvalue weighted by atomic mass is 10.0. The smallest absolute Gasteiger partial charge is 0.113 e. The number of nitrogens with zero attached hydrogens (tertiary/aromatic N) is 2. The second-order valence-electron chi connectivity index (χ2n) is 3.38. The monoisotopic (exact) mass is 216 g/mol. The van der Waals surface area contributed by atoms with Crippen LogP contribution in [0, 0.1) is 0 Å². The van der Waals surface area contributed by atoms with Gasteiger partial charge in [-0.3, -0.25) is 4.90 Å². The molecule has 1 atom stereocenters. The third-order valence-electron chi connectivity index (χ3n) is 2.60. The average Bonchev–Trinajstić information content (AvgIpc) is 2.46. The van der Waals surface area contributed by atoms with Crippen molar-refractivity contribution in [3.8, 4) is 0 Å². The van der Waals surface area contributed by atoms with Gasteiger partial charge in [0.15, 0.2) is 0 Å². The van der Waals surface area contributed by atoms with Crippen LogP contribution in [0.15, 0.2) is 6.20 Å². The van der Waals surface area contributed by atoms with Gasteiger partial charge < -0.3 is 0 Å². The predicted octanol–water partition coefficient (Wildman–Crippen LogP) is 2.78. The molecule has 0 aromatic carbocycles. The first-order valence-electron chi connectivity index (χ1n) is 4.64. The summed E-state index contributed by atoms with van der Waals surface area (Å²) >= 11 is 7.40. The number of aromatic nitrogens is 1. The van der Waals surface area contributed by atoms with Crippen molar-refractivity contribution in [3.05, 3.63) is 15.5 Å². The summed E-state index contributed by atoms with van der Waals surface area (Å²) in [6, 6.07) is 0.780. The fourth-order valence-electron chi connectivity index (χ4n) is 1.70. The van der Waals surface area contributed by atoms with Gasteiger partial charge in [0.25, 0.3) is 0 Å². The molecule has 0 radical (unpaired) electrons. The number of rotatable bonds is 3. The molecule has 2 heterocycles. The number of thiazole rings is 1. The third-order valence-corrected chi connectivity index (χ3v) is 3.70. The molecule has 2 rings (SSSR count). The summed E-state index contributed by atoms with van der Waals surface area (Å²) in [5, 5.41) is 1.14. The van der Waals surface area contributed by atoms with Crippen LogP contribution in [0.3, 0.4) is 0 Å². The van der Waals surface area contributed by atoms with Crippen LogP contribution in [0.5, 0.6) is 0 Å². The lowest BCUT2D eigenvalue weighted by molar-refractivity contribution is 0.0790. The fraction of sp³-hybridized carbons (Fsp3) is 0.667. The highest BCUT2D eigenvalue weighted by molar-refractivity contribution is 7.15. The zero-order valence-corrected chi connectivity index (χ0v) is 9.24. The van der Waals surface area contributed by atoms with Gasteiger partial charge >= 0.3 is 0 Å². The standard InChI is InChI=1S/C9H13ClN2S/c1-2-7-3-4-12(7)6-9-11-5-8(10)13-9/h5,7H,2-4,6H2,1H3. The molecule has 2 nitrogen and oxygen atoms in total. The Morgan fingerprint density at radius 2 is 2.62 bits per heavy atom. The van der Waals surface area contributed by atoms with Crippen molar-refractivity contribution in [2.75, 3.05) is 6.54 Å². The minimum Gasteiger partial charge on any atom is -0.294 e. The highest BCUT2D eigenvalue weighted by Gasteiger charge is 2.26. The highest BCUT2D eigenvalue weighted by Crippen LogP contribution is 2.25. The van der Waals surface area contributed by atoms with Crippen molar-refractivity contribution >= 4 is 22.9 Å². The number of likely N-dealkylation sites (tertiary alicyclic amines) is 1. The quantitative estimate of drug-likeness (QED) is 0.773. The zero-order valence-electron chi connectivity index (χ0n) is 7.66. The van der Waals surface area contributed by atoms with Crippen molar-refractivity contribution in [3.63, 3.8) is 0 Å². The van der Waals surface area contributed by atoms with Gasteiger partial charge in [-0.25, -0.2) is 4.98 Å².